The lowest BCUT2D eigenvalue weighted by Gasteiger charge is -2.26. The summed E-state index contributed by atoms with van der Waals surface area (Å²) in [6, 6.07) is 19.8. The van der Waals surface area contributed by atoms with E-state index >= 15 is 0 Å². The topological polar surface area (TPSA) is 84.9 Å². The first-order valence-electron chi connectivity index (χ1n) is 10.8. The minimum Gasteiger partial charge on any atom is -0.494 e. The molecule has 0 radical (unpaired) electrons. The number of para-hydroxylation sites is 2. The fourth-order valence-electron chi connectivity index (χ4n) is 3.23. The zero-order valence-electron chi connectivity index (χ0n) is 19.0. The van der Waals surface area contributed by atoms with Gasteiger partial charge in [-0.2, -0.15) is 0 Å². The Kier molecular flexibility index (Phi) is 8.79. The van der Waals surface area contributed by atoms with Crippen molar-refractivity contribution >= 4 is 33.2 Å². The van der Waals surface area contributed by atoms with Crippen molar-refractivity contribution in [1.29, 1.82) is 0 Å². The van der Waals surface area contributed by atoms with E-state index < -0.39 is 22.5 Å². The van der Waals surface area contributed by atoms with Crippen LogP contribution in [0.5, 0.6) is 11.5 Å². The van der Waals surface area contributed by atoms with Crippen molar-refractivity contribution in [3.05, 3.63) is 83.4 Å². The average Bonchev–Trinajstić information content (AvgIpc) is 2.83. The third-order valence-electron chi connectivity index (χ3n) is 4.85. The highest BCUT2D eigenvalue weighted by Crippen LogP contribution is 2.32. The van der Waals surface area contributed by atoms with E-state index in [1.165, 1.54) is 24.3 Å². The summed E-state index contributed by atoms with van der Waals surface area (Å²) in [6.45, 7) is 4.44. The minimum absolute atomic E-state index is 0.0162. The average molecular weight is 503 g/mol. The molecule has 3 aromatic carbocycles. The first-order chi connectivity index (χ1) is 16.3. The van der Waals surface area contributed by atoms with Gasteiger partial charge in [-0.25, -0.2) is 8.42 Å². The highest BCUT2D eigenvalue weighted by Gasteiger charge is 2.29. The summed E-state index contributed by atoms with van der Waals surface area (Å²) >= 11 is 5.94. The van der Waals surface area contributed by atoms with Crippen molar-refractivity contribution in [3.63, 3.8) is 0 Å². The van der Waals surface area contributed by atoms with E-state index in [0.29, 0.717) is 24.0 Å². The molecule has 0 aliphatic carbocycles. The van der Waals surface area contributed by atoms with Gasteiger partial charge < -0.3 is 14.8 Å². The summed E-state index contributed by atoms with van der Waals surface area (Å²) < 4.78 is 39.2. The summed E-state index contributed by atoms with van der Waals surface area (Å²) in [6.07, 6.45) is 0. The fraction of sp³-hybridized carbons (Fsp3) is 0.240. The van der Waals surface area contributed by atoms with Crippen molar-refractivity contribution in [2.45, 2.75) is 25.3 Å². The highest BCUT2D eigenvalue weighted by molar-refractivity contribution is 7.92. The number of amides is 1. The van der Waals surface area contributed by atoms with Crippen molar-refractivity contribution in [2.75, 3.05) is 24.1 Å². The van der Waals surface area contributed by atoms with E-state index in [0.717, 1.165) is 15.6 Å². The monoisotopic (exact) mass is 502 g/mol. The molecule has 0 aliphatic heterocycles. The smallest absolute Gasteiger partial charge is 0.264 e. The van der Waals surface area contributed by atoms with Crippen LogP contribution in [0.2, 0.25) is 5.02 Å². The molecule has 1 N–H and O–H groups in total. The Bertz CT molecular complexity index is 1200. The Morgan fingerprint density at radius 3 is 2.21 bits per heavy atom. The molecule has 1 amide bonds. The van der Waals surface area contributed by atoms with Gasteiger partial charge in [0.15, 0.2) is 0 Å². The maximum atomic E-state index is 13.5. The van der Waals surface area contributed by atoms with Crippen LogP contribution in [0.3, 0.4) is 0 Å². The lowest BCUT2D eigenvalue weighted by Crippen LogP contribution is -2.40. The van der Waals surface area contributed by atoms with Crippen molar-refractivity contribution < 1.29 is 22.7 Å². The number of carbonyl (C=O) groups is 1. The summed E-state index contributed by atoms with van der Waals surface area (Å²) in [5.41, 5.74) is 1.13. The number of ether oxygens (including phenoxy) is 2. The molecule has 0 heterocycles. The Labute approximate surface area is 205 Å². The van der Waals surface area contributed by atoms with Gasteiger partial charge in [0.1, 0.15) is 18.0 Å². The second-order valence-electron chi connectivity index (χ2n) is 7.22. The van der Waals surface area contributed by atoms with Crippen molar-refractivity contribution in [2.24, 2.45) is 0 Å². The number of hydrogen-bond acceptors (Lipinski definition) is 5. The van der Waals surface area contributed by atoms with Gasteiger partial charge in [-0.15, -0.1) is 0 Å². The van der Waals surface area contributed by atoms with Crippen LogP contribution in [0.25, 0.3) is 0 Å². The molecule has 0 unspecified atom stereocenters. The van der Waals surface area contributed by atoms with E-state index in [9.17, 15) is 13.2 Å². The van der Waals surface area contributed by atoms with Crippen LogP contribution in [-0.2, 0) is 21.4 Å². The quantitative estimate of drug-likeness (QED) is 0.412. The Balaban J connectivity index is 1.85. The Morgan fingerprint density at radius 1 is 0.912 bits per heavy atom. The first kappa shape index (κ1) is 25.4. The number of carbonyl (C=O) groups excluding carboxylic acids is 1. The third kappa shape index (κ3) is 6.42. The number of anilines is 1. The van der Waals surface area contributed by atoms with E-state index in [4.69, 9.17) is 21.1 Å². The van der Waals surface area contributed by atoms with Gasteiger partial charge in [-0.3, -0.25) is 9.10 Å². The third-order valence-corrected chi connectivity index (χ3v) is 6.87. The number of hydrogen-bond donors (Lipinski definition) is 1. The zero-order valence-corrected chi connectivity index (χ0v) is 20.6. The van der Waals surface area contributed by atoms with Crippen LogP contribution in [0, 0.1) is 0 Å². The van der Waals surface area contributed by atoms with Gasteiger partial charge in [0.05, 0.1) is 23.8 Å². The lowest BCUT2D eigenvalue weighted by atomic mass is 10.2. The number of benzene rings is 3. The maximum Gasteiger partial charge on any atom is 0.264 e. The number of nitrogens with zero attached hydrogens (tertiary/aromatic N) is 1. The molecule has 0 aliphatic rings. The molecule has 180 valence electrons. The molecular weight excluding hydrogens is 476 g/mol. The van der Waals surface area contributed by atoms with Crippen molar-refractivity contribution in [1.82, 2.24) is 5.32 Å². The number of halogens is 1. The van der Waals surface area contributed by atoms with Gasteiger partial charge in [0.2, 0.25) is 5.91 Å². The molecule has 0 saturated carbocycles. The van der Waals surface area contributed by atoms with Crippen LogP contribution in [0.15, 0.2) is 77.7 Å². The first-order valence-corrected chi connectivity index (χ1v) is 12.7. The normalized spacial score (nSPS) is 11.0. The molecule has 0 bridgehead atoms. The molecule has 0 saturated heterocycles. The number of nitrogens with one attached hydrogen (secondary N) is 1. The minimum atomic E-state index is -4.08. The molecule has 9 heteroatoms. The van der Waals surface area contributed by atoms with Gasteiger partial charge in [-0.05, 0) is 67.9 Å². The number of sulfonamides is 1. The van der Waals surface area contributed by atoms with Crippen LogP contribution in [-0.4, -0.2) is 34.1 Å². The van der Waals surface area contributed by atoms with Crippen LogP contribution in [0.4, 0.5) is 5.69 Å². The fourth-order valence-corrected chi connectivity index (χ4v) is 4.79. The van der Waals surface area contributed by atoms with Crippen LogP contribution >= 0.6 is 11.6 Å². The van der Waals surface area contributed by atoms with Gasteiger partial charge in [0.25, 0.3) is 10.0 Å². The van der Waals surface area contributed by atoms with Crippen LogP contribution in [0.1, 0.15) is 19.4 Å². The molecule has 0 atom stereocenters. The molecule has 0 aromatic heterocycles. The summed E-state index contributed by atoms with van der Waals surface area (Å²) in [7, 11) is -4.08. The summed E-state index contributed by atoms with van der Waals surface area (Å²) in [5.74, 6) is 0.643. The standard InChI is InChI=1S/C25H27ClN2O5S/c1-3-32-21-13-9-19(10-14-21)17-27-25(29)18-28(23-7-5-6-8-24(23)33-4-2)34(30,31)22-15-11-20(26)12-16-22/h5-16H,3-4,17-18H2,1-2H3,(H,27,29). The predicted octanol–water partition coefficient (Wildman–Crippen LogP) is 4.65. The molecule has 7 nitrogen and oxygen atoms in total. The molecule has 0 spiro atoms. The zero-order chi connectivity index (χ0) is 24.6. The summed E-state index contributed by atoms with van der Waals surface area (Å²) in [5, 5.41) is 3.20. The van der Waals surface area contributed by atoms with Gasteiger partial charge in [-0.1, -0.05) is 35.9 Å². The van der Waals surface area contributed by atoms with E-state index in [2.05, 4.69) is 5.32 Å². The summed E-state index contributed by atoms with van der Waals surface area (Å²) in [4.78, 5) is 12.9. The van der Waals surface area contributed by atoms with Gasteiger partial charge >= 0.3 is 0 Å². The lowest BCUT2D eigenvalue weighted by molar-refractivity contribution is -0.119. The maximum absolute atomic E-state index is 13.5. The Hall–Kier alpha value is -3.23. The molecular formula is C25H27ClN2O5S. The molecule has 3 rings (SSSR count). The Morgan fingerprint density at radius 2 is 1.56 bits per heavy atom. The molecule has 0 fully saturated rings. The van der Waals surface area contributed by atoms with Gasteiger partial charge in [0, 0.05) is 11.6 Å². The van der Waals surface area contributed by atoms with Crippen molar-refractivity contribution in [3.8, 4) is 11.5 Å². The molecule has 34 heavy (non-hydrogen) atoms. The second-order valence-corrected chi connectivity index (χ2v) is 9.52. The van der Waals surface area contributed by atoms with E-state index in [1.54, 1.807) is 31.2 Å². The van der Waals surface area contributed by atoms with E-state index in [1.807, 2.05) is 31.2 Å². The largest absolute Gasteiger partial charge is 0.494 e. The van der Waals surface area contributed by atoms with Crippen LogP contribution < -0.4 is 19.1 Å². The predicted molar refractivity (Wildman–Crippen MR) is 133 cm³/mol. The van der Waals surface area contributed by atoms with E-state index in [-0.39, 0.29) is 17.1 Å². The highest BCUT2D eigenvalue weighted by atomic mass is 35.5. The SMILES string of the molecule is CCOc1ccc(CNC(=O)CN(c2ccccc2OCC)S(=O)(=O)c2ccc(Cl)cc2)cc1. The second kappa shape index (κ2) is 11.8. The molecule has 3 aromatic rings. The number of rotatable bonds is 11.